The minimum atomic E-state index is -3.46. The molecule has 0 atom stereocenters. The Bertz CT molecular complexity index is 727. The fourth-order valence-corrected chi connectivity index (χ4v) is 2.45. The molecule has 0 aromatic heterocycles. The molecule has 0 N–H and O–H groups in total. The smallest absolute Gasteiger partial charge is 0.254 e. The summed E-state index contributed by atoms with van der Waals surface area (Å²) in [6.07, 6.45) is 5.02. The van der Waals surface area contributed by atoms with Gasteiger partial charge >= 0.3 is 0 Å². The van der Waals surface area contributed by atoms with Crippen LogP contribution in [0.4, 0.5) is 0 Å². The number of benzene rings is 1. The van der Waals surface area contributed by atoms with Crippen LogP contribution in [0.25, 0.3) is 12.2 Å². The Labute approximate surface area is 86.1 Å². The number of hydrogen-bond donors (Lipinski definition) is 0. The van der Waals surface area contributed by atoms with Gasteiger partial charge < -0.3 is 0 Å². The zero-order valence-electron chi connectivity index (χ0n) is 7.58. The van der Waals surface area contributed by atoms with Crippen LogP contribution in [0.5, 0.6) is 0 Å². The van der Waals surface area contributed by atoms with Gasteiger partial charge in [-0.3, -0.25) is 4.99 Å². The van der Waals surface area contributed by atoms with Gasteiger partial charge in [0, 0.05) is 17.3 Å². The van der Waals surface area contributed by atoms with Crippen molar-refractivity contribution < 1.29 is 8.42 Å². The molecule has 0 spiro atoms. The second-order valence-electron chi connectivity index (χ2n) is 3.30. The van der Waals surface area contributed by atoms with Crippen molar-refractivity contribution in [1.82, 2.24) is 0 Å². The van der Waals surface area contributed by atoms with Crippen molar-refractivity contribution in [2.45, 2.75) is 0 Å². The van der Waals surface area contributed by atoms with Gasteiger partial charge in [0.25, 0.3) is 10.0 Å². The average Bonchev–Trinajstić information content (AvgIpc) is 2.64. The molecule has 0 unspecified atom stereocenters. The van der Waals surface area contributed by atoms with E-state index in [4.69, 9.17) is 0 Å². The maximum atomic E-state index is 11.3. The first kappa shape index (κ1) is 8.55. The molecule has 0 fully saturated rings. The van der Waals surface area contributed by atoms with Gasteiger partial charge in [-0.25, -0.2) is 0 Å². The molecule has 2 heterocycles. The van der Waals surface area contributed by atoms with Crippen LogP contribution in [0, 0.1) is 0 Å². The Morgan fingerprint density at radius 3 is 2.53 bits per heavy atom. The van der Waals surface area contributed by atoms with Crippen molar-refractivity contribution in [3.05, 3.63) is 45.6 Å². The molecule has 0 amide bonds. The van der Waals surface area contributed by atoms with E-state index in [1.165, 1.54) is 0 Å². The first-order valence-electron chi connectivity index (χ1n) is 4.36. The summed E-state index contributed by atoms with van der Waals surface area (Å²) in [5, 5.41) is 2.19. The van der Waals surface area contributed by atoms with E-state index >= 15 is 0 Å². The number of sulfonamides is 1. The van der Waals surface area contributed by atoms with Crippen LogP contribution in [0.2, 0.25) is 0 Å². The average molecular weight is 218 g/mol. The van der Waals surface area contributed by atoms with E-state index < -0.39 is 10.0 Å². The maximum absolute atomic E-state index is 11.3. The second-order valence-corrected chi connectivity index (χ2v) is 4.78. The lowest BCUT2D eigenvalue weighted by Crippen LogP contribution is -2.31. The van der Waals surface area contributed by atoms with E-state index in [-0.39, 0.29) is 0 Å². The highest BCUT2D eigenvalue weighted by Crippen LogP contribution is 2.08. The van der Waals surface area contributed by atoms with E-state index in [0.717, 1.165) is 16.5 Å². The highest BCUT2D eigenvalue weighted by Gasteiger charge is 2.12. The summed E-state index contributed by atoms with van der Waals surface area (Å²) < 4.78 is 26.3. The summed E-state index contributed by atoms with van der Waals surface area (Å²) in [6.45, 7) is 0. The molecule has 0 bridgehead atoms. The molecule has 2 aliphatic rings. The first-order valence-corrected chi connectivity index (χ1v) is 5.86. The number of nitrogens with zero attached hydrogens (tertiary/aromatic N) is 2. The van der Waals surface area contributed by atoms with E-state index in [0.29, 0.717) is 10.7 Å². The summed E-state index contributed by atoms with van der Waals surface area (Å²) >= 11 is 0. The quantitative estimate of drug-likeness (QED) is 0.625. The zero-order chi connectivity index (χ0) is 10.5. The molecule has 0 saturated heterocycles. The summed E-state index contributed by atoms with van der Waals surface area (Å²) in [5.41, 5.74) is 1.69. The molecule has 4 nitrogen and oxygen atoms in total. The highest BCUT2D eigenvalue weighted by molar-refractivity contribution is 7.93. The molecule has 5 heteroatoms. The van der Waals surface area contributed by atoms with E-state index in [1.807, 2.05) is 18.2 Å². The summed E-state index contributed by atoms with van der Waals surface area (Å²) in [6, 6.07) is 3.74. The van der Waals surface area contributed by atoms with Crippen LogP contribution in [-0.2, 0) is 10.0 Å². The van der Waals surface area contributed by atoms with Crippen LogP contribution in [0.3, 0.4) is 0 Å². The van der Waals surface area contributed by atoms with Gasteiger partial charge in [0.05, 0.1) is 10.8 Å². The molecule has 0 aliphatic carbocycles. The summed E-state index contributed by atoms with van der Waals surface area (Å²) in [7, 11) is -3.46. The normalized spacial score (nSPS) is 18.9. The van der Waals surface area contributed by atoms with Gasteiger partial charge in [0.2, 0.25) is 0 Å². The number of hydrogen-bond acceptors (Lipinski definition) is 3. The molecule has 0 radical (unpaired) electrons. The Morgan fingerprint density at radius 1 is 1.00 bits per heavy atom. The van der Waals surface area contributed by atoms with Crippen molar-refractivity contribution in [3.8, 4) is 0 Å². The Balaban J connectivity index is 2.55. The van der Waals surface area contributed by atoms with Gasteiger partial charge in [-0.2, -0.15) is 12.8 Å². The standard InChI is InChI=1S/C10H6N2O2S/c13-15(14)6-4-8-2-1-7-3-5-11-9(7)10(8)12-15/h1-6H. The molecule has 1 aromatic carbocycles. The van der Waals surface area contributed by atoms with Crippen molar-refractivity contribution in [3.63, 3.8) is 0 Å². The summed E-state index contributed by atoms with van der Waals surface area (Å²) in [4.78, 5) is 4.11. The largest absolute Gasteiger partial charge is 0.276 e. The third-order valence-electron chi connectivity index (χ3n) is 2.31. The monoisotopic (exact) mass is 218 g/mol. The zero-order valence-corrected chi connectivity index (χ0v) is 8.40. The molecule has 1 aromatic rings. The van der Waals surface area contributed by atoms with E-state index in [9.17, 15) is 8.42 Å². The third kappa shape index (κ3) is 1.24. The Kier molecular flexibility index (Phi) is 1.50. The molecular formula is C10H6N2O2S. The van der Waals surface area contributed by atoms with Crippen molar-refractivity contribution in [2.24, 2.45) is 9.39 Å². The Morgan fingerprint density at radius 2 is 1.73 bits per heavy atom. The van der Waals surface area contributed by atoms with Gasteiger partial charge in [0.15, 0.2) is 0 Å². The fraction of sp³-hybridized carbons (Fsp3) is 0. The molecule has 2 aliphatic heterocycles. The lowest BCUT2D eigenvalue weighted by atomic mass is 10.1. The first-order chi connectivity index (χ1) is 7.16. The molecular weight excluding hydrogens is 212 g/mol. The maximum Gasteiger partial charge on any atom is 0.276 e. The van der Waals surface area contributed by atoms with Crippen molar-refractivity contribution in [1.29, 1.82) is 0 Å². The highest BCUT2D eigenvalue weighted by atomic mass is 32.2. The van der Waals surface area contributed by atoms with Gasteiger partial charge in [-0.05, 0) is 12.2 Å². The number of fused-ring (bicyclic) bond motifs is 3. The van der Waals surface area contributed by atoms with E-state index in [1.54, 1.807) is 12.3 Å². The molecule has 0 saturated carbocycles. The molecule has 3 rings (SSSR count). The van der Waals surface area contributed by atoms with Crippen LogP contribution >= 0.6 is 0 Å². The van der Waals surface area contributed by atoms with Crippen LogP contribution in [0.1, 0.15) is 11.1 Å². The van der Waals surface area contributed by atoms with Gasteiger partial charge in [-0.1, -0.05) is 12.1 Å². The minimum Gasteiger partial charge on any atom is -0.254 e. The third-order valence-corrected chi connectivity index (χ3v) is 3.23. The minimum absolute atomic E-state index is 0.444. The van der Waals surface area contributed by atoms with Crippen LogP contribution < -0.4 is 10.7 Å². The van der Waals surface area contributed by atoms with E-state index in [2.05, 4.69) is 9.39 Å². The predicted octanol–water partition coefficient (Wildman–Crippen LogP) is 0.224. The fourth-order valence-electron chi connectivity index (χ4n) is 1.62. The number of rotatable bonds is 0. The Hall–Kier alpha value is -1.75. The second kappa shape index (κ2) is 2.64. The topological polar surface area (TPSA) is 58.9 Å². The lowest BCUT2D eigenvalue weighted by molar-refractivity contribution is 0.605. The summed E-state index contributed by atoms with van der Waals surface area (Å²) in [5.74, 6) is 0. The van der Waals surface area contributed by atoms with Gasteiger partial charge in [0.1, 0.15) is 5.36 Å². The van der Waals surface area contributed by atoms with Crippen LogP contribution in [0.15, 0.2) is 33.1 Å². The SMILES string of the molecule is O=S1(=O)C=Cc2ccc3c(c2=N1)=NC=C3. The van der Waals surface area contributed by atoms with Crippen molar-refractivity contribution in [2.75, 3.05) is 0 Å². The van der Waals surface area contributed by atoms with Crippen LogP contribution in [-0.4, -0.2) is 8.42 Å². The lowest BCUT2D eigenvalue weighted by Gasteiger charge is -2.02. The predicted molar refractivity (Wildman–Crippen MR) is 55.7 cm³/mol. The molecule has 74 valence electrons. The molecule has 15 heavy (non-hydrogen) atoms. The van der Waals surface area contributed by atoms with Gasteiger partial charge in [-0.15, -0.1) is 0 Å². The van der Waals surface area contributed by atoms with Crippen molar-refractivity contribution >= 4 is 22.2 Å².